The molecule has 0 aliphatic carbocycles. The molecular formula is C19H20FNO4. The third-order valence-corrected chi connectivity index (χ3v) is 3.26. The van der Waals surface area contributed by atoms with Gasteiger partial charge in [-0.25, -0.2) is 14.2 Å². The van der Waals surface area contributed by atoms with Crippen LogP contribution in [-0.4, -0.2) is 27.6 Å². The quantitative estimate of drug-likeness (QED) is 0.833. The first-order chi connectivity index (χ1) is 11.6. The Morgan fingerprint density at radius 2 is 1.92 bits per heavy atom. The van der Waals surface area contributed by atoms with E-state index in [0.29, 0.717) is 23.2 Å². The molecule has 0 radical (unpaired) electrons. The zero-order valence-corrected chi connectivity index (χ0v) is 14.4. The summed E-state index contributed by atoms with van der Waals surface area (Å²) in [5, 5.41) is 9.02. The molecule has 0 bridgehead atoms. The summed E-state index contributed by atoms with van der Waals surface area (Å²) in [6.07, 6.45) is 0.445. The molecule has 0 unspecified atom stereocenters. The van der Waals surface area contributed by atoms with Crippen LogP contribution >= 0.6 is 0 Å². The Morgan fingerprint density at radius 3 is 2.56 bits per heavy atom. The number of halogens is 1. The summed E-state index contributed by atoms with van der Waals surface area (Å²) in [6, 6.07) is 8.85. The van der Waals surface area contributed by atoms with E-state index in [2.05, 4.69) is 4.98 Å². The molecule has 25 heavy (non-hydrogen) atoms. The van der Waals surface area contributed by atoms with Gasteiger partial charge in [0.05, 0.1) is 5.69 Å². The monoisotopic (exact) mass is 345 g/mol. The largest absolute Gasteiger partial charge is 0.477 e. The van der Waals surface area contributed by atoms with Gasteiger partial charge in [-0.1, -0.05) is 6.07 Å². The smallest absolute Gasteiger partial charge is 0.354 e. The summed E-state index contributed by atoms with van der Waals surface area (Å²) in [7, 11) is 0. The lowest BCUT2D eigenvalue weighted by Gasteiger charge is -2.19. The van der Waals surface area contributed by atoms with E-state index in [1.165, 1.54) is 18.2 Å². The number of carboxylic acids is 1. The van der Waals surface area contributed by atoms with E-state index in [1.807, 2.05) is 0 Å². The van der Waals surface area contributed by atoms with Crippen LogP contribution in [-0.2, 0) is 16.0 Å². The molecule has 2 aromatic rings. The molecule has 0 saturated carbocycles. The molecule has 132 valence electrons. The van der Waals surface area contributed by atoms with Crippen molar-refractivity contribution in [3.05, 3.63) is 53.5 Å². The van der Waals surface area contributed by atoms with Crippen LogP contribution in [0.15, 0.2) is 36.4 Å². The Kier molecular flexibility index (Phi) is 5.51. The molecule has 1 N–H and O–H groups in total. The molecular weight excluding hydrogens is 325 g/mol. The number of nitrogens with zero attached hydrogens (tertiary/aromatic N) is 1. The van der Waals surface area contributed by atoms with Gasteiger partial charge in [0.25, 0.3) is 0 Å². The number of aromatic carboxylic acids is 1. The predicted molar refractivity (Wildman–Crippen MR) is 90.8 cm³/mol. The number of carbonyl (C=O) groups is 2. The number of hydrogen-bond acceptors (Lipinski definition) is 4. The zero-order valence-electron chi connectivity index (χ0n) is 14.4. The highest BCUT2D eigenvalue weighted by Gasteiger charge is 2.16. The number of carboxylic acid groups (broad SMARTS) is 1. The summed E-state index contributed by atoms with van der Waals surface area (Å²) < 4.78 is 19.1. The zero-order chi connectivity index (χ0) is 18.6. The Bertz CT molecular complexity index is 796. The lowest BCUT2D eigenvalue weighted by Crippen LogP contribution is -2.24. The van der Waals surface area contributed by atoms with E-state index in [0.717, 1.165) is 0 Å². The average Bonchev–Trinajstić information content (AvgIpc) is 2.51. The van der Waals surface area contributed by atoms with Crippen LogP contribution < -0.4 is 0 Å². The number of rotatable bonds is 5. The van der Waals surface area contributed by atoms with Gasteiger partial charge in [-0.05, 0) is 63.1 Å². The topological polar surface area (TPSA) is 76.5 Å². The molecule has 0 aliphatic heterocycles. The molecule has 1 aromatic carbocycles. The molecule has 1 aromatic heterocycles. The standard InChI is InChI=1S/C19H20FNO4/c1-19(2,3)25-17(22)8-7-12-9-13(11-14(20)10-12)15-5-4-6-16(21-15)18(23)24/h4-6,9-11H,7-8H2,1-3H3,(H,23,24). The van der Waals surface area contributed by atoms with Gasteiger partial charge in [0.1, 0.15) is 17.1 Å². The van der Waals surface area contributed by atoms with Crippen LogP contribution in [0.1, 0.15) is 43.2 Å². The van der Waals surface area contributed by atoms with Gasteiger partial charge in [-0.3, -0.25) is 4.79 Å². The van der Waals surface area contributed by atoms with Crippen molar-refractivity contribution in [2.75, 3.05) is 0 Å². The molecule has 5 nitrogen and oxygen atoms in total. The van der Waals surface area contributed by atoms with Crippen LogP contribution in [0, 0.1) is 5.82 Å². The fourth-order valence-electron chi connectivity index (χ4n) is 2.30. The molecule has 0 spiro atoms. The molecule has 1 heterocycles. The molecule has 0 saturated heterocycles. The normalized spacial score (nSPS) is 11.2. The Hall–Kier alpha value is -2.76. The maximum atomic E-state index is 13.9. The fraction of sp³-hybridized carbons (Fsp3) is 0.316. The molecule has 2 rings (SSSR count). The highest BCUT2D eigenvalue weighted by molar-refractivity contribution is 5.86. The van der Waals surface area contributed by atoms with Gasteiger partial charge in [0.15, 0.2) is 0 Å². The maximum absolute atomic E-state index is 13.9. The third kappa shape index (κ3) is 5.67. The number of ether oxygens (including phenoxy) is 1. The summed E-state index contributed by atoms with van der Waals surface area (Å²) in [4.78, 5) is 26.8. The lowest BCUT2D eigenvalue weighted by atomic mass is 10.0. The third-order valence-electron chi connectivity index (χ3n) is 3.26. The molecule has 0 aliphatic rings. The number of hydrogen-bond donors (Lipinski definition) is 1. The molecule has 0 amide bonds. The number of esters is 1. The van der Waals surface area contributed by atoms with Gasteiger partial charge in [-0.15, -0.1) is 0 Å². The number of benzene rings is 1. The van der Waals surface area contributed by atoms with Crippen LogP contribution in [0.2, 0.25) is 0 Å². The second-order valence-electron chi connectivity index (χ2n) is 6.65. The highest BCUT2D eigenvalue weighted by Crippen LogP contribution is 2.22. The first-order valence-corrected chi connectivity index (χ1v) is 7.86. The van der Waals surface area contributed by atoms with E-state index in [4.69, 9.17) is 9.84 Å². The van der Waals surface area contributed by atoms with Gasteiger partial charge < -0.3 is 9.84 Å². The van der Waals surface area contributed by atoms with Gasteiger partial charge in [0, 0.05) is 12.0 Å². The van der Waals surface area contributed by atoms with Crippen molar-refractivity contribution in [2.24, 2.45) is 0 Å². The van der Waals surface area contributed by atoms with Crippen molar-refractivity contribution in [1.29, 1.82) is 0 Å². The minimum atomic E-state index is -1.15. The second kappa shape index (κ2) is 7.42. The van der Waals surface area contributed by atoms with Crippen LogP contribution in [0.3, 0.4) is 0 Å². The fourth-order valence-corrected chi connectivity index (χ4v) is 2.30. The first-order valence-electron chi connectivity index (χ1n) is 7.86. The molecule has 0 fully saturated rings. The lowest BCUT2D eigenvalue weighted by molar-refractivity contribution is -0.154. The van der Waals surface area contributed by atoms with Crippen molar-refractivity contribution in [2.45, 2.75) is 39.2 Å². The first kappa shape index (κ1) is 18.6. The Morgan fingerprint density at radius 1 is 1.20 bits per heavy atom. The van der Waals surface area contributed by atoms with Crippen molar-refractivity contribution in [3.63, 3.8) is 0 Å². The SMILES string of the molecule is CC(C)(C)OC(=O)CCc1cc(F)cc(-c2cccc(C(=O)O)n2)c1. The van der Waals surface area contributed by atoms with Crippen molar-refractivity contribution in [3.8, 4) is 11.3 Å². The number of carbonyl (C=O) groups excluding carboxylic acids is 1. The van der Waals surface area contributed by atoms with Gasteiger partial charge in [0.2, 0.25) is 0 Å². The maximum Gasteiger partial charge on any atom is 0.354 e. The molecule has 6 heteroatoms. The number of aryl methyl sites for hydroxylation is 1. The Balaban J connectivity index is 2.19. The van der Waals surface area contributed by atoms with Crippen molar-refractivity contribution in [1.82, 2.24) is 4.98 Å². The van der Waals surface area contributed by atoms with E-state index in [-0.39, 0.29) is 18.1 Å². The average molecular weight is 345 g/mol. The second-order valence-corrected chi connectivity index (χ2v) is 6.65. The number of aromatic nitrogens is 1. The Labute approximate surface area is 145 Å². The predicted octanol–water partition coefficient (Wildman–Crippen LogP) is 3.86. The van der Waals surface area contributed by atoms with Gasteiger partial charge >= 0.3 is 11.9 Å². The van der Waals surface area contributed by atoms with Crippen molar-refractivity contribution >= 4 is 11.9 Å². The summed E-state index contributed by atoms with van der Waals surface area (Å²) in [5.74, 6) is -1.98. The van der Waals surface area contributed by atoms with E-state index >= 15 is 0 Å². The molecule has 0 atom stereocenters. The van der Waals surface area contributed by atoms with E-state index < -0.39 is 17.4 Å². The van der Waals surface area contributed by atoms with Crippen LogP contribution in [0.5, 0.6) is 0 Å². The highest BCUT2D eigenvalue weighted by atomic mass is 19.1. The minimum absolute atomic E-state index is 0.114. The van der Waals surface area contributed by atoms with Crippen LogP contribution in [0.4, 0.5) is 4.39 Å². The van der Waals surface area contributed by atoms with Crippen LogP contribution in [0.25, 0.3) is 11.3 Å². The van der Waals surface area contributed by atoms with Crippen molar-refractivity contribution < 1.29 is 23.8 Å². The van der Waals surface area contributed by atoms with E-state index in [1.54, 1.807) is 39.0 Å². The van der Waals surface area contributed by atoms with Gasteiger partial charge in [-0.2, -0.15) is 0 Å². The summed E-state index contributed by atoms with van der Waals surface area (Å²) >= 11 is 0. The summed E-state index contributed by atoms with van der Waals surface area (Å²) in [6.45, 7) is 5.35. The summed E-state index contributed by atoms with van der Waals surface area (Å²) in [5.41, 5.74) is 0.756. The number of pyridine rings is 1. The van der Waals surface area contributed by atoms with E-state index in [9.17, 15) is 14.0 Å². The minimum Gasteiger partial charge on any atom is -0.477 e.